The fraction of sp³-hybridized carbons (Fsp3) is 0.308. The van der Waals surface area contributed by atoms with E-state index in [4.69, 9.17) is 5.73 Å². The monoisotopic (exact) mass is 256 g/mol. The highest BCUT2D eigenvalue weighted by Crippen LogP contribution is 2.20. The molecule has 0 aromatic carbocycles. The van der Waals surface area contributed by atoms with Crippen molar-refractivity contribution in [3.8, 4) is 5.82 Å². The minimum Gasteiger partial charge on any atom is -0.382 e. The third-order valence-electron chi connectivity index (χ3n) is 3.37. The molecule has 0 aliphatic rings. The van der Waals surface area contributed by atoms with E-state index in [0.29, 0.717) is 11.6 Å². The quantitative estimate of drug-likeness (QED) is 0.757. The van der Waals surface area contributed by atoms with Crippen LogP contribution < -0.4 is 5.73 Å². The smallest absolute Gasteiger partial charge is 0.199 e. The van der Waals surface area contributed by atoms with Crippen LogP contribution in [0.15, 0.2) is 18.6 Å². The number of anilines is 1. The summed E-state index contributed by atoms with van der Waals surface area (Å²) < 4.78 is 3.69. The maximum absolute atomic E-state index is 5.85. The normalized spacial score (nSPS) is 11.3. The zero-order valence-corrected chi connectivity index (χ0v) is 11.3. The van der Waals surface area contributed by atoms with Crippen molar-refractivity contribution in [2.24, 2.45) is 0 Å². The standard InChI is InChI=1S/C13H16N6/c1-4-10-8(2)17-19(9(10)3)13-12-15-5-6-18(12)7-11(14)16-13/h5-7H,4,14H2,1-3H3. The van der Waals surface area contributed by atoms with Crippen LogP contribution in [0, 0.1) is 13.8 Å². The molecule has 0 aliphatic heterocycles. The van der Waals surface area contributed by atoms with Gasteiger partial charge in [-0.05, 0) is 25.8 Å². The lowest BCUT2D eigenvalue weighted by molar-refractivity contribution is 0.804. The molecular weight excluding hydrogens is 240 g/mol. The lowest BCUT2D eigenvalue weighted by atomic mass is 10.1. The number of nitrogens with zero attached hydrogens (tertiary/aromatic N) is 5. The van der Waals surface area contributed by atoms with Gasteiger partial charge in [-0.15, -0.1) is 0 Å². The third kappa shape index (κ3) is 1.68. The van der Waals surface area contributed by atoms with Crippen LogP contribution in [-0.4, -0.2) is 24.1 Å². The van der Waals surface area contributed by atoms with Gasteiger partial charge in [0.2, 0.25) is 0 Å². The molecule has 0 aliphatic carbocycles. The number of aromatic nitrogens is 5. The van der Waals surface area contributed by atoms with Crippen molar-refractivity contribution >= 4 is 11.5 Å². The molecule has 0 saturated heterocycles. The van der Waals surface area contributed by atoms with Gasteiger partial charge in [0, 0.05) is 18.1 Å². The van der Waals surface area contributed by atoms with Gasteiger partial charge >= 0.3 is 0 Å². The zero-order chi connectivity index (χ0) is 13.6. The Morgan fingerprint density at radius 2 is 2.11 bits per heavy atom. The van der Waals surface area contributed by atoms with E-state index in [9.17, 15) is 0 Å². The Bertz CT molecular complexity index is 752. The highest BCUT2D eigenvalue weighted by Gasteiger charge is 2.15. The minimum atomic E-state index is 0.450. The highest BCUT2D eigenvalue weighted by atomic mass is 15.3. The molecular formula is C13H16N6. The van der Waals surface area contributed by atoms with Crippen molar-refractivity contribution in [2.45, 2.75) is 27.2 Å². The van der Waals surface area contributed by atoms with E-state index < -0.39 is 0 Å². The molecule has 0 fully saturated rings. The van der Waals surface area contributed by atoms with Crippen molar-refractivity contribution in [3.63, 3.8) is 0 Å². The molecule has 0 unspecified atom stereocenters. The van der Waals surface area contributed by atoms with Crippen molar-refractivity contribution in [1.82, 2.24) is 24.1 Å². The molecule has 6 heteroatoms. The fourth-order valence-electron chi connectivity index (χ4n) is 2.47. The molecule has 19 heavy (non-hydrogen) atoms. The summed E-state index contributed by atoms with van der Waals surface area (Å²) in [5.74, 6) is 1.12. The molecule has 3 rings (SSSR count). The molecule has 6 nitrogen and oxygen atoms in total. The molecule has 3 aromatic rings. The largest absolute Gasteiger partial charge is 0.382 e. The van der Waals surface area contributed by atoms with Crippen molar-refractivity contribution < 1.29 is 0 Å². The summed E-state index contributed by atoms with van der Waals surface area (Å²) in [6.45, 7) is 6.18. The van der Waals surface area contributed by atoms with Crippen molar-refractivity contribution in [3.05, 3.63) is 35.5 Å². The fourth-order valence-corrected chi connectivity index (χ4v) is 2.47. The third-order valence-corrected chi connectivity index (χ3v) is 3.37. The maximum Gasteiger partial charge on any atom is 0.199 e. The zero-order valence-electron chi connectivity index (χ0n) is 11.3. The van der Waals surface area contributed by atoms with Gasteiger partial charge in [0.15, 0.2) is 11.5 Å². The first-order chi connectivity index (χ1) is 9.11. The van der Waals surface area contributed by atoms with Crippen molar-refractivity contribution in [2.75, 3.05) is 5.73 Å². The van der Waals surface area contributed by atoms with Crippen LogP contribution in [0.2, 0.25) is 0 Å². The summed E-state index contributed by atoms with van der Waals surface area (Å²) in [7, 11) is 0. The van der Waals surface area contributed by atoms with E-state index in [1.807, 2.05) is 29.1 Å². The number of imidazole rings is 1. The Labute approximate surface area is 110 Å². The van der Waals surface area contributed by atoms with Gasteiger partial charge in [-0.25, -0.2) is 14.6 Å². The van der Waals surface area contributed by atoms with E-state index in [1.54, 1.807) is 12.4 Å². The number of hydrogen-bond donors (Lipinski definition) is 1. The van der Waals surface area contributed by atoms with E-state index in [0.717, 1.165) is 23.5 Å². The van der Waals surface area contributed by atoms with E-state index in [1.165, 1.54) is 5.56 Å². The van der Waals surface area contributed by atoms with Crippen molar-refractivity contribution in [1.29, 1.82) is 0 Å². The summed E-state index contributed by atoms with van der Waals surface area (Å²) >= 11 is 0. The Balaban J connectivity index is 2.33. The second kappa shape index (κ2) is 4.08. The molecule has 98 valence electrons. The van der Waals surface area contributed by atoms with Crippen LogP contribution >= 0.6 is 0 Å². The second-order valence-corrected chi connectivity index (χ2v) is 4.56. The first kappa shape index (κ1) is 11.7. The van der Waals surface area contributed by atoms with Crippen LogP contribution in [-0.2, 0) is 6.42 Å². The number of hydrogen-bond acceptors (Lipinski definition) is 4. The minimum absolute atomic E-state index is 0.450. The summed E-state index contributed by atoms with van der Waals surface area (Å²) in [6, 6.07) is 0. The number of fused-ring (bicyclic) bond motifs is 1. The summed E-state index contributed by atoms with van der Waals surface area (Å²) in [4.78, 5) is 8.71. The van der Waals surface area contributed by atoms with Gasteiger partial charge < -0.3 is 10.1 Å². The Morgan fingerprint density at radius 3 is 2.79 bits per heavy atom. The molecule has 0 saturated carbocycles. The maximum atomic E-state index is 5.85. The van der Waals surface area contributed by atoms with E-state index in [-0.39, 0.29) is 0 Å². The molecule has 0 spiro atoms. The predicted octanol–water partition coefficient (Wildman–Crippen LogP) is 1.68. The Morgan fingerprint density at radius 1 is 1.32 bits per heavy atom. The Hall–Kier alpha value is -2.37. The molecule has 3 aromatic heterocycles. The number of nitrogen functional groups attached to an aromatic ring is 1. The van der Waals surface area contributed by atoms with Gasteiger partial charge in [0.25, 0.3) is 0 Å². The van der Waals surface area contributed by atoms with Gasteiger partial charge in [-0.3, -0.25) is 0 Å². The highest BCUT2D eigenvalue weighted by molar-refractivity contribution is 5.58. The average molecular weight is 256 g/mol. The predicted molar refractivity (Wildman–Crippen MR) is 73.4 cm³/mol. The molecule has 2 N–H and O–H groups in total. The average Bonchev–Trinajstić information content (AvgIpc) is 2.93. The van der Waals surface area contributed by atoms with Crippen LogP contribution in [0.4, 0.5) is 5.82 Å². The SMILES string of the molecule is CCc1c(C)nn(-c2nc(N)cn3ccnc23)c1C. The molecule has 3 heterocycles. The summed E-state index contributed by atoms with van der Waals surface area (Å²) in [6.07, 6.45) is 6.28. The van der Waals surface area contributed by atoms with Crippen LogP contribution in [0.25, 0.3) is 11.5 Å². The lowest BCUT2D eigenvalue weighted by Crippen LogP contribution is -2.07. The van der Waals surface area contributed by atoms with Crippen LogP contribution in [0.1, 0.15) is 23.9 Å². The first-order valence-electron chi connectivity index (χ1n) is 6.26. The van der Waals surface area contributed by atoms with Gasteiger partial charge in [0.05, 0.1) is 11.9 Å². The second-order valence-electron chi connectivity index (χ2n) is 4.56. The number of rotatable bonds is 2. The molecule has 0 radical (unpaired) electrons. The number of aryl methyl sites for hydroxylation is 1. The first-order valence-corrected chi connectivity index (χ1v) is 6.26. The van der Waals surface area contributed by atoms with E-state index in [2.05, 4.69) is 22.0 Å². The van der Waals surface area contributed by atoms with E-state index >= 15 is 0 Å². The molecule has 0 bridgehead atoms. The summed E-state index contributed by atoms with van der Waals surface area (Å²) in [5, 5.41) is 4.57. The molecule has 0 amide bonds. The summed E-state index contributed by atoms with van der Waals surface area (Å²) in [5.41, 5.74) is 9.95. The Kier molecular flexibility index (Phi) is 2.51. The molecule has 0 atom stereocenters. The lowest BCUT2D eigenvalue weighted by Gasteiger charge is -2.07. The van der Waals surface area contributed by atoms with Gasteiger partial charge in [-0.2, -0.15) is 5.10 Å². The van der Waals surface area contributed by atoms with Crippen LogP contribution in [0.5, 0.6) is 0 Å². The van der Waals surface area contributed by atoms with Gasteiger partial charge in [0.1, 0.15) is 5.82 Å². The van der Waals surface area contributed by atoms with Crippen LogP contribution in [0.3, 0.4) is 0 Å². The topological polar surface area (TPSA) is 74.0 Å². The number of nitrogens with two attached hydrogens (primary N) is 1. The van der Waals surface area contributed by atoms with Gasteiger partial charge in [-0.1, -0.05) is 6.92 Å².